The number of nitrogens with one attached hydrogen (secondary N) is 2. The van der Waals surface area contributed by atoms with Crippen LogP contribution in [0.2, 0.25) is 0 Å². The molecule has 0 bridgehead atoms. The largest absolute Gasteiger partial charge is 0.480 e. The van der Waals surface area contributed by atoms with Crippen molar-refractivity contribution in [2.24, 2.45) is 0 Å². The maximum absolute atomic E-state index is 12.7. The number of benzene rings is 2. The molecule has 2 aromatic carbocycles. The molecular weight excluding hydrogens is 436 g/mol. The Hall–Kier alpha value is -4.60. The summed E-state index contributed by atoms with van der Waals surface area (Å²) in [6.45, 7) is -0.508. The fourth-order valence-electron chi connectivity index (χ4n) is 3.08. The highest BCUT2D eigenvalue weighted by molar-refractivity contribution is 6.04. The van der Waals surface area contributed by atoms with Crippen LogP contribution in [-0.4, -0.2) is 53.5 Å². The highest BCUT2D eigenvalue weighted by atomic mass is 16.4. The molecule has 1 heterocycles. The van der Waals surface area contributed by atoms with E-state index in [1.54, 1.807) is 42.5 Å². The van der Waals surface area contributed by atoms with E-state index < -0.39 is 24.5 Å². The van der Waals surface area contributed by atoms with Gasteiger partial charge in [-0.3, -0.25) is 14.6 Å². The number of amides is 3. The molecule has 10 heteroatoms. The summed E-state index contributed by atoms with van der Waals surface area (Å²) in [4.78, 5) is 43.7. The van der Waals surface area contributed by atoms with Gasteiger partial charge in [-0.1, -0.05) is 18.2 Å². The number of carbonyl (C=O) groups is 3. The summed E-state index contributed by atoms with van der Waals surface area (Å²) in [5.74, 6) is -1.59. The molecule has 0 aliphatic carbocycles. The van der Waals surface area contributed by atoms with Gasteiger partial charge in [0, 0.05) is 38.2 Å². The van der Waals surface area contributed by atoms with E-state index in [2.05, 4.69) is 15.6 Å². The van der Waals surface area contributed by atoms with Crippen LogP contribution in [0.4, 0.5) is 27.5 Å². The number of urea groups is 1. The summed E-state index contributed by atoms with van der Waals surface area (Å²) in [6, 6.07) is 16.6. The number of carbonyl (C=O) groups excluding carboxylic acids is 2. The van der Waals surface area contributed by atoms with E-state index in [-0.39, 0.29) is 12.2 Å². The van der Waals surface area contributed by atoms with Gasteiger partial charge in [0.05, 0.1) is 11.4 Å². The van der Waals surface area contributed by atoms with Crippen molar-refractivity contribution < 1.29 is 19.5 Å². The van der Waals surface area contributed by atoms with Crippen LogP contribution in [0.1, 0.15) is 16.1 Å². The normalized spacial score (nSPS) is 10.3. The second kappa shape index (κ2) is 10.8. The number of nitrogens with two attached hydrogens (primary N) is 1. The van der Waals surface area contributed by atoms with Crippen LogP contribution in [0, 0.1) is 0 Å². The maximum atomic E-state index is 12.7. The monoisotopic (exact) mass is 462 g/mol. The lowest BCUT2D eigenvalue weighted by Crippen LogP contribution is -2.38. The Morgan fingerprint density at radius 3 is 2.26 bits per heavy atom. The summed E-state index contributed by atoms with van der Waals surface area (Å²) >= 11 is 0. The molecule has 0 unspecified atom stereocenters. The third-order valence-corrected chi connectivity index (χ3v) is 4.89. The molecule has 0 saturated heterocycles. The Morgan fingerprint density at radius 1 is 0.971 bits per heavy atom. The maximum Gasteiger partial charge on any atom is 0.323 e. The first-order valence-electron chi connectivity index (χ1n) is 10.4. The van der Waals surface area contributed by atoms with E-state index in [1.807, 2.05) is 31.1 Å². The van der Waals surface area contributed by atoms with Gasteiger partial charge in [-0.2, -0.15) is 0 Å². The van der Waals surface area contributed by atoms with E-state index in [9.17, 15) is 19.5 Å². The molecule has 0 spiro atoms. The minimum atomic E-state index is -1.15. The predicted octanol–water partition coefficient (Wildman–Crippen LogP) is 3.10. The Bertz CT molecular complexity index is 1160. The minimum absolute atomic E-state index is 0.00551. The number of para-hydroxylation sites is 2. The number of nitrogens with zero attached hydrogens (tertiary/aromatic N) is 3. The number of aromatic nitrogens is 1. The highest BCUT2D eigenvalue weighted by Gasteiger charge is 2.18. The van der Waals surface area contributed by atoms with Crippen LogP contribution in [0.3, 0.4) is 0 Å². The second-order valence-corrected chi connectivity index (χ2v) is 7.71. The zero-order chi connectivity index (χ0) is 24.7. The highest BCUT2D eigenvalue weighted by Crippen LogP contribution is 2.18. The fraction of sp³-hybridized carbons (Fsp3) is 0.167. The number of anilines is 4. The van der Waals surface area contributed by atoms with Crippen molar-refractivity contribution in [2.75, 3.05) is 41.9 Å². The van der Waals surface area contributed by atoms with Crippen LogP contribution in [0.25, 0.3) is 0 Å². The molecule has 0 saturated carbocycles. The van der Waals surface area contributed by atoms with Crippen molar-refractivity contribution in [1.29, 1.82) is 0 Å². The quantitative estimate of drug-likeness (QED) is 0.377. The van der Waals surface area contributed by atoms with Crippen molar-refractivity contribution in [3.8, 4) is 0 Å². The van der Waals surface area contributed by atoms with Gasteiger partial charge in [-0.15, -0.1) is 0 Å². The number of aliphatic carboxylic acids is 1. The summed E-state index contributed by atoms with van der Waals surface area (Å²) in [5, 5.41) is 14.6. The Labute approximate surface area is 197 Å². The van der Waals surface area contributed by atoms with Gasteiger partial charge in [-0.25, -0.2) is 4.79 Å². The first kappa shape index (κ1) is 24.1. The minimum Gasteiger partial charge on any atom is -0.480 e. The number of carboxylic acids is 1. The number of hydrogen-bond donors (Lipinski definition) is 4. The molecule has 3 rings (SSSR count). The van der Waals surface area contributed by atoms with Crippen molar-refractivity contribution in [2.45, 2.75) is 6.54 Å². The molecule has 10 nitrogen and oxygen atoms in total. The summed E-state index contributed by atoms with van der Waals surface area (Å²) in [6.07, 6.45) is 1.43. The van der Waals surface area contributed by atoms with Gasteiger partial charge in [0.1, 0.15) is 12.2 Å². The number of nitrogen functional groups attached to an aromatic ring is 1. The molecule has 0 aliphatic rings. The number of hydrogen-bond acceptors (Lipinski definition) is 6. The van der Waals surface area contributed by atoms with E-state index in [0.29, 0.717) is 22.6 Å². The molecule has 0 radical (unpaired) electrons. The van der Waals surface area contributed by atoms with Crippen LogP contribution in [0.15, 0.2) is 66.9 Å². The molecule has 1 aromatic heterocycles. The third kappa shape index (κ3) is 6.45. The molecule has 0 fully saturated rings. The smallest absolute Gasteiger partial charge is 0.323 e. The first-order chi connectivity index (χ1) is 16.2. The lowest BCUT2D eigenvalue weighted by Gasteiger charge is -2.21. The number of carboxylic acid groups (broad SMARTS) is 1. The topological polar surface area (TPSA) is 141 Å². The van der Waals surface area contributed by atoms with Crippen LogP contribution in [-0.2, 0) is 11.3 Å². The van der Waals surface area contributed by atoms with Gasteiger partial charge in [0.15, 0.2) is 0 Å². The van der Waals surface area contributed by atoms with E-state index in [0.717, 1.165) is 10.6 Å². The van der Waals surface area contributed by atoms with Crippen molar-refractivity contribution in [3.05, 3.63) is 78.1 Å². The fourth-order valence-corrected chi connectivity index (χ4v) is 3.08. The summed E-state index contributed by atoms with van der Waals surface area (Å²) in [5.41, 5.74) is 8.97. The van der Waals surface area contributed by atoms with Crippen molar-refractivity contribution in [3.63, 3.8) is 0 Å². The van der Waals surface area contributed by atoms with Gasteiger partial charge in [-0.05, 0) is 48.0 Å². The molecule has 5 N–H and O–H groups in total. The Balaban J connectivity index is 1.67. The summed E-state index contributed by atoms with van der Waals surface area (Å²) < 4.78 is 0. The number of rotatable bonds is 8. The molecule has 176 valence electrons. The summed E-state index contributed by atoms with van der Waals surface area (Å²) in [7, 11) is 3.81. The van der Waals surface area contributed by atoms with Gasteiger partial charge < -0.3 is 31.3 Å². The van der Waals surface area contributed by atoms with E-state index in [4.69, 9.17) is 5.73 Å². The SMILES string of the molecule is CN(C)c1ccc(NC(=O)N(CC(=O)O)Cc2ccc(C(=O)Nc3ccccc3N)nc2)cc1. The average molecular weight is 463 g/mol. The van der Waals surface area contributed by atoms with E-state index >= 15 is 0 Å². The molecule has 0 aliphatic heterocycles. The Kier molecular flexibility index (Phi) is 7.65. The molecular formula is C24H26N6O4. The van der Waals surface area contributed by atoms with Gasteiger partial charge >= 0.3 is 12.0 Å². The van der Waals surface area contributed by atoms with Crippen molar-refractivity contribution in [1.82, 2.24) is 9.88 Å². The van der Waals surface area contributed by atoms with Crippen LogP contribution >= 0.6 is 0 Å². The second-order valence-electron chi connectivity index (χ2n) is 7.71. The average Bonchev–Trinajstić information content (AvgIpc) is 2.80. The standard InChI is InChI=1S/C24H26N6O4/c1-29(2)18-10-8-17(9-11-18)27-24(34)30(15-22(31)32)14-16-7-12-21(26-13-16)23(33)28-20-6-4-3-5-19(20)25/h3-13H,14-15,25H2,1-2H3,(H,27,34)(H,28,33)(H,31,32). The van der Waals surface area contributed by atoms with Gasteiger partial charge in [0.25, 0.3) is 5.91 Å². The van der Waals surface area contributed by atoms with Crippen molar-refractivity contribution >= 4 is 40.7 Å². The molecule has 34 heavy (non-hydrogen) atoms. The molecule has 0 atom stereocenters. The zero-order valence-corrected chi connectivity index (χ0v) is 18.9. The van der Waals surface area contributed by atoms with Gasteiger partial charge in [0.2, 0.25) is 0 Å². The van der Waals surface area contributed by atoms with E-state index in [1.165, 1.54) is 12.3 Å². The predicted molar refractivity (Wildman–Crippen MR) is 131 cm³/mol. The third-order valence-electron chi connectivity index (χ3n) is 4.89. The lowest BCUT2D eigenvalue weighted by molar-refractivity contribution is -0.137. The molecule has 3 amide bonds. The lowest BCUT2D eigenvalue weighted by atomic mass is 10.2. The van der Waals surface area contributed by atoms with Crippen LogP contribution in [0.5, 0.6) is 0 Å². The molecule has 3 aromatic rings. The Morgan fingerprint density at radius 2 is 1.68 bits per heavy atom. The van der Waals surface area contributed by atoms with Crippen LogP contribution < -0.4 is 21.3 Å². The zero-order valence-electron chi connectivity index (χ0n) is 18.9. The number of pyridine rings is 1. The first-order valence-corrected chi connectivity index (χ1v) is 10.4.